The lowest BCUT2D eigenvalue weighted by Gasteiger charge is -2.37. The van der Waals surface area contributed by atoms with Crippen LogP contribution in [-0.2, 0) is 30.6 Å². The van der Waals surface area contributed by atoms with Crippen LogP contribution in [0.1, 0.15) is 44.1 Å². The summed E-state index contributed by atoms with van der Waals surface area (Å²) >= 11 is 7.54. The molecule has 0 aliphatic carbocycles. The van der Waals surface area contributed by atoms with Gasteiger partial charge in [0.2, 0.25) is 5.91 Å². The van der Waals surface area contributed by atoms with Crippen LogP contribution < -0.4 is 22.7 Å². The summed E-state index contributed by atoms with van der Waals surface area (Å²) in [5, 5.41) is 0.659. The number of Topliss-reactive ketones (excluding diaryl/α,β-unsaturated/α-hetero) is 1. The minimum Gasteiger partial charge on any atom is -1.00 e. The molecule has 3 heterocycles. The Morgan fingerprint density at radius 2 is 1.75 bits per heavy atom. The number of carbonyl (C=O) groups is 2. The third-order valence-electron chi connectivity index (χ3n) is 5.91. The van der Waals surface area contributed by atoms with Crippen molar-refractivity contribution in [2.75, 3.05) is 19.6 Å². The molecule has 1 amide bonds. The SMILES string of the molecule is NC(=O)c1c(CC(=O)Cc2ccc(Cl)cc2)sc2c1CC[N+]1(CCCC1)C2.[Br-]. The van der Waals surface area contributed by atoms with E-state index in [0.717, 1.165) is 40.0 Å². The first-order chi connectivity index (χ1) is 13.0. The van der Waals surface area contributed by atoms with E-state index in [9.17, 15) is 9.59 Å². The highest BCUT2D eigenvalue weighted by atomic mass is 79.9. The molecular weight excluding hydrogens is 460 g/mol. The van der Waals surface area contributed by atoms with Crippen LogP contribution in [0.3, 0.4) is 0 Å². The number of amides is 1. The van der Waals surface area contributed by atoms with E-state index < -0.39 is 5.91 Å². The second kappa shape index (κ2) is 8.66. The standard InChI is InChI=1S/C21H23ClN2O2S.BrH/c22-15-5-3-14(4-6-15)11-16(25)12-18-20(21(23)26)17-7-10-24(8-1-2-9-24)13-19(17)27-18;/h3-6H,1-2,7-13H2,(H-,23,26);1H. The highest BCUT2D eigenvalue weighted by Crippen LogP contribution is 2.38. The first kappa shape index (κ1) is 21.5. The molecule has 1 fully saturated rings. The van der Waals surface area contributed by atoms with Gasteiger partial charge in [-0.25, -0.2) is 0 Å². The molecule has 1 aromatic carbocycles. The lowest BCUT2D eigenvalue weighted by atomic mass is 9.97. The minimum atomic E-state index is -0.392. The smallest absolute Gasteiger partial charge is 0.250 e. The zero-order chi connectivity index (χ0) is 19.0. The van der Waals surface area contributed by atoms with Gasteiger partial charge >= 0.3 is 0 Å². The number of nitrogens with zero attached hydrogens (tertiary/aromatic N) is 1. The van der Waals surface area contributed by atoms with E-state index >= 15 is 0 Å². The molecule has 0 bridgehead atoms. The van der Waals surface area contributed by atoms with Gasteiger partial charge in [0, 0.05) is 42.0 Å². The zero-order valence-electron chi connectivity index (χ0n) is 15.7. The predicted molar refractivity (Wildman–Crippen MR) is 108 cm³/mol. The van der Waals surface area contributed by atoms with Crippen LogP contribution in [0.2, 0.25) is 5.02 Å². The van der Waals surface area contributed by atoms with Crippen LogP contribution in [0.15, 0.2) is 24.3 Å². The number of halogens is 2. The van der Waals surface area contributed by atoms with Crippen LogP contribution in [-0.4, -0.2) is 35.8 Å². The molecule has 150 valence electrons. The average Bonchev–Trinajstić information content (AvgIpc) is 3.21. The van der Waals surface area contributed by atoms with Gasteiger partial charge in [0.1, 0.15) is 12.3 Å². The van der Waals surface area contributed by atoms with Crippen molar-refractivity contribution in [2.45, 2.75) is 38.6 Å². The Morgan fingerprint density at radius 1 is 1.07 bits per heavy atom. The third-order valence-corrected chi connectivity index (χ3v) is 7.38. The van der Waals surface area contributed by atoms with Crippen LogP contribution in [0.5, 0.6) is 0 Å². The minimum absolute atomic E-state index is 0. The van der Waals surface area contributed by atoms with Crippen LogP contribution in [0.4, 0.5) is 0 Å². The van der Waals surface area contributed by atoms with E-state index in [4.69, 9.17) is 17.3 Å². The second-order valence-electron chi connectivity index (χ2n) is 7.81. The number of thiophene rings is 1. The Kier molecular flexibility index (Phi) is 6.65. The number of ketones is 1. The number of quaternary nitrogens is 1. The first-order valence-electron chi connectivity index (χ1n) is 9.50. The van der Waals surface area contributed by atoms with Crippen LogP contribution >= 0.6 is 22.9 Å². The number of rotatable bonds is 5. The summed E-state index contributed by atoms with van der Waals surface area (Å²) in [6, 6.07) is 7.33. The molecule has 4 rings (SSSR count). The molecule has 4 nitrogen and oxygen atoms in total. The van der Waals surface area contributed by atoms with E-state index in [1.807, 2.05) is 12.1 Å². The zero-order valence-corrected chi connectivity index (χ0v) is 18.8. The monoisotopic (exact) mass is 482 g/mol. The number of primary amides is 1. The number of hydrogen-bond acceptors (Lipinski definition) is 3. The fraction of sp³-hybridized carbons (Fsp3) is 0.429. The molecular formula is C21H24BrClN2O2S. The van der Waals surface area contributed by atoms with E-state index in [1.54, 1.807) is 23.5 Å². The van der Waals surface area contributed by atoms with E-state index in [1.165, 1.54) is 30.8 Å². The molecule has 2 aliphatic rings. The Labute approximate surface area is 185 Å². The molecule has 0 radical (unpaired) electrons. The molecule has 28 heavy (non-hydrogen) atoms. The number of carbonyl (C=O) groups excluding carboxylic acids is 2. The van der Waals surface area contributed by atoms with Crippen molar-refractivity contribution >= 4 is 34.6 Å². The van der Waals surface area contributed by atoms with Gasteiger partial charge in [0.05, 0.1) is 30.1 Å². The number of fused-ring (bicyclic) bond motifs is 1. The number of nitrogens with two attached hydrogens (primary N) is 1. The van der Waals surface area contributed by atoms with Crippen LogP contribution in [0.25, 0.3) is 0 Å². The lowest BCUT2D eigenvalue weighted by Crippen LogP contribution is -3.00. The number of benzene rings is 1. The van der Waals surface area contributed by atoms with E-state index in [0.29, 0.717) is 17.0 Å². The van der Waals surface area contributed by atoms with Gasteiger partial charge < -0.3 is 27.2 Å². The van der Waals surface area contributed by atoms with Gasteiger partial charge in [-0.2, -0.15) is 0 Å². The highest BCUT2D eigenvalue weighted by Gasteiger charge is 2.39. The van der Waals surface area contributed by atoms with Crippen molar-refractivity contribution in [3.8, 4) is 0 Å². The van der Waals surface area contributed by atoms with Gasteiger partial charge in [0.15, 0.2) is 0 Å². The van der Waals surface area contributed by atoms with Crippen molar-refractivity contribution in [1.29, 1.82) is 0 Å². The molecule has 1 spiro atoms. The van der Waals surface area contributed by atoms with Gasteiger partial charge in [-0.1, -0.05) is 23.7 Å². The highest BCUT2D eigenvalue weighted by molar-refractivity contribution is 7.12. The Balaban J connectivity index is 0.00000225. The summed E-state index contributed by atoms with van der Waals surface area (Å²) in [5.41, 5.74) is 8.38. The quantitative estimate of drug-likeness (QED) is 0.631. The van der Waals surface area contributed by atoms with Crippen molar-refractivity contribution in [3.05, 3.63) is 55.7 Å². The normalized spacial score (nSPS) is 17.2. The molecule has 1 aromatic heterocycles. The second-order valence-corrected chi connectivity index (χ2v) is 9.44. The largest absolute Gasteiger partial charge is 1.00 e. The maximum atomic E-state index is 12.6. The molecule has 1 saturated heterocycles. The van der Waals surface area contributed by atoms with Crippen LogP contribution in [0, 0.1) is 0 Å². The third kappa shape index (κ3) is 4.35. The summed E-state index contributed by atoms with van der Waals surface area (Å²) in [6.07, 6.45) is 4.09. The van der Waals surface area contributed by atoms with Gasteiger partial charge in [-0.05, 0) is 23.3 Å². The Morgan fingerprint density at radius 3 is 2.39 bits per heavy atom. The van der Waals surface area contributed by atoms with Gasteiger partial charge in [0.25, 0.3) is 0 Å². The molecule has 0 saturated carbocycles. The summed E-state index contributed by atoms with van der Waals surface area (Å²) in [4.78, 5) is 26.9. The lowest BCUT2D eigenvalue weighted by molar-refractivity contribution is -0.931. The molecule has 7 heteroatoms. The van der Waals surface area contributed by atoms with Crippen molar-refractivity contribution in [2.24, 2.45) is 5.73 Å². The van der Waals surface area contributed by atoms with Crippen molar-refractivity contribution in [3.63, 3.8) is 0 Å². The predicted octanol–water partition coefficient (Wildman–Crippen LogP) is 0.525. The van der Waals surface area contributed by atoms with E-state index in [2.05, 4.69) is 0 Å². The average molecular weight is 484 g/mol. The first-order valence-corrected chi connectivity index (χ1v) is 10.7. The molecule has 2 aliphatic heterocycles. The number of hydrogen-bond donors (Lipinski definition) is 1. The summed E-state index contributed by atoms with van der Waals surface area (Å²) in [6.45, 7) is 4.54. The maximum absolute atomic E-state index is 12.6. The summed E-state index contributed by atoms with van der Waals surface area (Å²) < 4.78 is 1.14. The van der Waals surface area contributed by atoms with Crippen molar-refractivity contribution in [1.82, 2.24) is 0 Å². The van der Waals surface area contributed by atoms with Crippen molar-refractivity contribution < 1.29 is 31.1 Å². The molecule has 0 atom stereocenters. The van der Waals surface area contributed by atoms with E-state index in [-0.39, 0.29) is 29.2 Å². The topological polar surface area (TPSA) is 60.2 Å². The Hall–Kier alpha value is -1.21. The maximum Gasteiger partial charge on any atom is 0.250 e. The molecule has 2 aromatic rings. The van der Waals surface area contributed by atoms with Gasteiger partial charge in [-0.3, -0.25) is 9.59 Å². The molecule has 0 unspecified atom stereocenters. The fourth-order valence-electron chi connectivity index (χ4n) is 4.56. The summed E-state index contributed by atoms with van der Waals surface area (Å²) in [5.74, 6) is -0.292. The summed E-state index contributed by atoms with van der Waals surface area (Å²) in [7, 11) is 0. The fourth-order valence-corrected chi connectivity index (χ4v) is 6.21. The Bertz CT molecular complexity index is 889. The molecule has 2 N–H and O–H groups in total. The van der Waals surface area contributed by atoms with Gasteiger partial charge in [-0.15, -0.1) is 11.3 Å².